The Balaban J connectivity index is 1.82. The molecule has 4 rings (SSSR count). The van der Waals surface area contributed by atoms with Crippen LogP contribution in [0.25, 0.3) is 11.1 Å². The molecule has 0 atom stereocenters. The molecule has 0 saturated carbocycles. The second-order valence-electron chi connectivity index (χ2n) is 9.19. The Morgan fingerprint density at radius 2 is 1.43 bits per heavy atom. The highest BCUT2D eigenvalue weighted by atomic mass is 19.4. The molecule has 3 aromatic rings. The number of pyridine rings is 1. The van der Waals surface area contributed by atoms with Gasteiger partial charge in [0.05, 0.1) is 11.1 Å². The first-order valence-corrected chi connectivity index (χ1v) is 11.6. The third-order valence-electron chi connectivity index (χ3n) is 6.58. The van der Waals surface area contributed by atoms with Crippen molar-refractivity contribution in [3.05, 3.63) is 92.4 Å². The standard InChI is InChI=1S/C27H24F6N2O2/c1-34(15-16-12-18(26(28,29)30)14-19(13-16)27(31,32)33)25(37)23-22(17-8-4-3-5-9-17)20-10-6-7-11-21(20)24(36)35(23)2/h3-5,8-9,12-14H,6-7,10-11,15H2,1-2H3. The number of hydrogen-bond donors (Lipinski definition) is 0. The van der Waals surface area contributed by atoms with Crippen LogP contribution in [0.1, 0.15) is 51.1 Å². The van der Waals surface area contributed by atoms with Crippen molar-refractivity contribution in [1.82, 2.24) is 9.47 Å². The van der Waals surface area contributed by atoms with Crippen LogP contribution in [0.4, 0.5) is 26.3 Å². The minimum atomic E-state index is -5.00. The fraction of sp³-hybridized carbons (Fsp3) is 0.333. The van der Waals surface area contributed by atoms with E-state index in [0.717, 1.165) is 23.3 Å². The number of fused-ring (bicyclic) bond motifs is 1. The van der Waals surface area contributed by atoms with Crippen molar-refractivity contribution in [3.8, 4) is 11.1 Å². The number of aromatic nitrogens is 1. The summed E-state index contributed by atoms with van der Waals surface area (Å²) in [5.41, 5.74) is -0.876. The lowest BCUT2D eigenvalue weighted by atomic mass is 9.85. The number of carbonyl (C=O) groups excluding carboxylic acids is 1. The maximum absolute atomic E-state index is 13.7. The Kier molecular flexibility index (Phi) is 6.96. The van der Waals surface area contributed by atoms with E-state index in [0.29, 0.717) is 41.7 Å². The molecule has 0 unspecified atom stereocenters. The number of alkyl halides is 6. The lowest BCUT2D eigenvalue weighted by Crippen LogP contribution is -2.36. The Labute approximate surface area is 209 Å². The molecule has 1 aromatic heterocycles. The molecule has 0 fully saturated rings. The Bertz CT molecular complexity index is 1360. The third kappa shape index (κ3) is 5.28. The van der Waals surface area contributed by atoms with Crippen LogP contribution in [-0.2, 0) is 38.8 Å². The van der Waals surface area contributed by atoms with Gasteiger partial charge in [0.1, 0.15) is 5.69 Å². The van der Waals surface area contributed by atoms with Crippen LogP contribution in [-0.4, -0.2) is 22.4 Å². The fourth-order valence-corrected chi connectivity index (χ4v) is 4.84. The molecule has 1 heterocycles. The van der Waals surface area contributed by atoms with E-state index in [-0.39, 0.29) is 22.9 Å². The lowest BCUT2D eigenvalue weighted by Gasteiger charge is -2.27. The molecule has 0 aliphatic heterocycles. The maximum Gasteiger partial charge on any atom is 0.416 e. The van der Waals surface area contributed by atoms with Crippen LogP contribution in [0, 0.1) is 0 Å². The summed E-state index contributed by atoms with van der Waals surface area (Å²) in [5, 5.41) is 0. The van der Waals surface area contributed by atoms with Gasteiger partial charge in [-0.15, -0.1) is 0 Å². The van der Waals surface area contributed by atoms with Crippen molar-refractivity contribution in [2.75, 3.05) is 7.05 Å². The van der Waals surface area contributed by atoms with Gasteiger partial charge in [-0.05, 0) is 60.6 Å². The van der Waals surface area contributed by atoms with Gasteiger partial charge < -0.3 is 9.47 Å². The summed E-state index contributed by atoms with van der Waals surface area (Å²) in [6, 6.07) is 10.2. The Morgan fingerprint density at radius 3 is 1.97 bits per heavy atom. The van der Waals surface area contributed by atoms with E-state index in [2.05, 4.69) is 0 Å². The van der Waals surface area contributed by atoms with Crippen LogP contribution in [0.5, 0.6) is 0 Å². The summed E-state index contributed by atoms with van der Waals surface area (Å²) in [5.74, 6) is -0.683. The van der Waals surface area contributed by atoms with E-state index >= 15 is 0 Å². The van der Waals surface area contributed by atoms with Gasteiger partial charge in [-0.3, -0.25) is 9.59 Å². The molecule has 0 bridgehead atoms. The van der Waals surface area contributed by atoms with Crippen LogP contribution in [0.3, 0.4) is 0 Å². The molecule has 196 valence electrons. The zero-order valence-corrected chi connectivity index (χ0v) is 20.1. The first kappa shape index (κ1) is 26.5. The average Bonchev–Trinajstić information content (AvgIpc) is 2.85. The molecule has 0 radical (unpaired) electrons. The predicted octanol–water partition coefficient (Wildman–Crippen LogP) is 6.24. The van der Waals surface area contributed by atoms with E-state index in [4.69, 9.17) is 0 Å². The summed E-state index contributed by atoms with van der Waals surface area (Å²) in [6.07, 6.45) is -7.18. The number of rotatable bonds is 4. The van der Waals surface area contributed by atoms with Gasteiger partial charge in [-0.1, -0.05) is 30.3 Å². The van der Waals surface area contributed by atoms with Gasteiger partial charge in [0.25, 0.3) is 11.5 Å². The summed E-state index contributed by atoms with van der Waals surface area (Å²) >= 11 is 0. The predicted molar refractivity (Wildman–Crippen MR) is 126 cm³/mol. The van der Waals surface area contributed by atoms with Crippen molar-refractivity contribution < 1.29 is 31.1 Å². The second kappa shape index (κ2) is 9.72. The first-order valence-electron chi connectivity index (χ1n) is 11.6. The fourth-order valence-electron chi connectivity index (χ4n) is 4.84. The first-order chi connectivity index (χ1) is 17.3. The van der Waals surface area contributed by atoms with E-state index in [1.54, 1.807) is 30.3 Å². The number of nitrogens with zero attached hydrogens (tertiary/aromatic N) is 2. The van der Waals surface area contributed by atoms with Crippen LogP contribution in [0.2, 0.25) is 0 Å². The van der Waals surface area contributed by atoms with Crippen molar-refractivity contribution in [2.45, 2.75) is 44.6 Å². The highest BCUT2D eigenvalue weighted by Gasteiger charge is 2.37. The topological polar surface area (TPSA) is 42.3 Å². The second-order valence-corrected chi connectivity index (χ2v) is 9.19. The number of halogens is 6. The SMILES string of the molecule is CN(Cc1cc(C(F)(F)F)cc(C(F)(F)F)c1)C(=O)c1c(-c2ccccc2)c2c(c(=O)n1C)CCCC2. The quantitative estimate of drug-likeness (QED) is 0.381. The van der Waals surface area contributed by atoms with Crippen molar-refractivity contribution >= 4 is 5.91 Å². The Morgan fingerprint density at radius 1 is 0.892 bits per heavy atom. The van der Waals surface area contributed by atoms with Gasteiger partial charge in [-0.2, -0.15) is 26.3 Å². The van der Waals surface area contributed by atoms with Crippen molar-refractivity contribution in [2.24, 2.45) is 7.05 Å². The molecule has 1 amide bonds. The van der Waals surface area contributed by atoms with Crippen molar-refractivity contribution in [3.63, 3.8) is 0 Å². The largest absolute Gasteiger partial charge is 0.416 e. The van der Waals surface area contributed by atoms with Crippen LogP contribution in [0.15, 0.2) is 53.3 Å². The van der Waals surface area contributed by atoms with E-state index < -0.39 is 35.9 Å². The summed E-state index contributed by atoms with van der Waals surface area (Å²) in [7, 11) is 2.74. The molecular weight excluding hydrogens is 498 g/mol. The average molecular weight is 522 g/mol. The van der Waals surface area contributed by atoms with Gasteiger partial charge in [-0.25, -0.2) is 0 Å². The van der Waals surface area contributed by atoms with Crippen molar-refractivity contribution in [1.29, 1.82) is 0 Å². The number of benzene rings is 2. The monoisotopic (exact) mass is 522 g/mol. The molecule has 0 saturated heterocycles. The minimum absolute atomic E-state index is 0.0439. The summed E-state index contributed by atoms with van der Waals surface area (Å²) in [4.78, 5) is 27.9. The van der Waals surface area contributed by atoms with E-state index in [1.165, 1.54) is 18.7 Å². The van der Waals surface area contributed by atoms with Gasteiger partial charge >= 0.3 is 12.4 Å². The van der Waals surface area contributed by atoms with E-state index in [9.17, 15) is 35.9 Å². The molecule has 2 aromatic carbocycles. The minimum Gasteiger partial charge on any atom is -0.336 e. The molecule has 4 nitrogen and oxygen atoms in total. The van der Waals surface area contributed by atoms with E-state index in [1.807, 2.05) is 0 Å². The molecule has 10 heteroatoms. The zero-order chi connectivity index (χ0) is 27.1. The van der Waals surface area contributed by atoms with Gasteiger partial charge in [0, 0.05) is 31.8 Å². The summed E-state index contributed by atoms with van der Waals surface area (Å²) < 4.78 is 81.1. The van der Waals surface area contributed by atoms with Crippen LogP contribution < -0.4 is 5.56 Å². The smallest absolute Gasteiger partial charge is 0.336 e. The highest BCUT2D eigenvalue weighted by molar-refractivity contribution is 6.00. The van der Waals surface area contributed by atoms with Crippen LogP contribution >= 0.6 is 0 Å². The van der Waals surface area contributed by atoms with Gasteiger partial charge in [0.15, 0.2) is 0 Å². The molecule has 0 spiro atoms. The Hall–Kier alpha value is -3.56. The maximum atomic E-state index is 13.7. The number of amides is 1. The molecule has 0 N–H and O–H groups in total. The summed E-state index contributed by atoms with van der Waals surface area (Å²) in [6.45, 7) is -0.522. The lowest BCUT2D eigenvalue weighted by molar-refractivity contribution is -0.143. The zero-order valence-electron chi connectivity index (χ0n) is 20.1. The molecule has 37 heavy (non-hydrogen) atoms. The van der Waals surface area contributed by atoms with Gasteiger partial charge in [0.2, 0.25) is 0 Å². The number of carbonyl (C=O) groups is 1. The normalized spacial score (nSPS) is 13.8. The molecule has 1 aliphatic rings. The number of hydrogen-bond acceptors (Lipinski definition) is 2. The molecular formula is C27H24F6N2O2. The third-order valence-corrected chi connectivity index (χ3v) is 6.58. The molecule has 1 aliphatic carbocycles. The highest BCUT2D eigenvalue weighted by Crippen LogP contribution is 2.37.